The van der Waals surface area contributed by atoms with Gasteiger partial charge >= 0.3 is 0 Å². The standard InChI is InChI=1S/C16H13N3O3/c1-21-9-5-12-16(20)10-3-4-18-11-7-17-8-13(15(10)11)19(12)14(6-9)22-2/h3-8,14H,1-2H3. The summed E-state index contributed by atoms with van der Waals surface area (Å²) < 4.78 is 12.6. The molecule has 0 amide bonds. The number of pyridine rings is 3. The van der Waals surface area contributed by atoms with E-state index in [-0.39, 0.29) is 5.43 Å². The fourth-order valence-corrected chi connectivity index (χ4v) is 2.94. The molecule has 0 fully saturated rings. The first-order chi connectivity index (χ1) is 10.7. The first-order valence-electron chi connectivity index (χ1n) is 6.81. The third-order valence-corrected chi connectivity index (χ3v) is 3.94. The summed E-state index contributed by atoms with van der Waals surface area (Å²) in [4.78, 5) is 21.4. The minimum Gasteiger partial charge on any atom is -0.497 e. The molecule has 0 aromatic carbocycles. The molecule has 1 aliphatic rings. The van der Waals surface area contributed by atoms with Crippen LogP contribution in [0.3, 0.4) is 0 Å². The van der Waals surface area contributed by atoms with Gasteiger partial charge in [0.15, 0.2) is 6.23 Å². The topological polar surface area (TPSA) is 66.2 Å². The lowest BCUT2D eigenvalue weighted by Crippen LogP contribution is -2.40. The van der Waals surface area contributed by atoms with Gasteiger partial charge in [-0.1, -0.05) is 0 Å². The van der Waals surface area contributed by atoms with Crippen LogP contribution >= 0.6 is 0 Å². The lowest BCUT2D eigenvalue weighted by molar-refractivity contribution is 0.0807. The molecule has 1 atom stereocenters. The van der Waals surface area contributed by atoms with Crippen molar-refractivity contribution < 1.29 is 9.47 Å². The van der Waals surface area contributed by atoms with Crippen molar-refractivity contribution in [3.05, 3.63) is 52.1 Å². The minimum atomic E-state index is -0.431. The van der Waals surface area contributed by atoms with E-state index >= 15 is 0 Å². The number of rotatable bonds is 2. The molecule has 22 heavy (non-hydrogen) atoms. The summed E-state index contributed by atoms with van der Waals surface area (Å²) in [6, 6.07) is 1.74. The monoisotopic (exact) mass is 295 g/mol. The number of nitrogens with zero attached hydrogens (tertiary/aromatic N) is 3. The smallest absolute Gasteiger partial charge is 0.210 e. The lowest BCUT2D eigenvalue weighted by Gasteiger charge is -2.23. The van der Waals surface area contributed by atoms with E-state index in [1.54, 1.807) is 45.0 Å². The quantitative estimate of drug-likeness (QED) is 0.709. The Balaban J connectivity index is 2.29. The van der Waals surface area contributed by atoms with E-state index in [0.29, 0.717) is 22.0 Å². The minimum absolute atomic E-state index is 0.0733. The highest BCUT2D eigenvalue weighted by Gasteiger charge is 2.21. The second kappa shape index (κ2) is 4.64. The maximum Gasteiger partial charge on any atom is 0.210 e. The molecule has 0 bridgehead atoms. The van der Waals surface area contributed by atoms with E-state index < -0.39 is 6.23 Å². The molecule has 4 heterocycles. The number of fused-ring (bicyclic) bond motifs is 2. The van der Waals surface area contributed by atoms with Gasteiger partial charge in [-0.25, -0.2) is 0 Å². The van der Waals surface area contributed by atoms with Crippen molar-refractivity contribution in [3.8, 4) is 0 Å². The Labute approximate surface area is 125 Å². The Bertz CT molecular complexity index is 1030. The van der Waals surface area contributed by atoms with Gasteiger partial charge in [0.05, 0.1) is 35.9 Å². The normalized spacial score (nSPS) is 17.2. The lowest BCUT2D eigenvalue weighted by atomic mass is 10.1. The van der Waals surface area contributed by atoms with Crippen LogP contribution in [0.25, 0.3) is 27.9 Å². The summed E-state index contributed by atoms with van der Waals surface area (Å²) in [6.07, 6.45) is 8.12. The molecule has 1 aliphatic heterocycles. The predicted molar refractivity (Wildman–Crippen MR) is 82.1 cm³/mol. The van der Waals surface area contributed by atoms with Crippen molar-refractivity contribution in [1.82, 2.24) is 14.5 Å². The molecule has 6 nitrogen and oxygen atoms in total. The van der Waals surface area contributed by atoms with Gasteiger partial charge in [-0.15, -0.1) is 0 Å². The van der Waals surface area contributed by atoms with Crippen molar-refractivity contribution >= 4 is 27.9 Å². The maximum absolute atomic E-state index is 12.9. The molecule has 4 rings (SSSR count). The van der Waals surface area contributed by atoms with Gasteiger partial charge in [0, 0.05) is 36.2 Å². The summed E-state index contributed by atoms with van der Waals surface area (Å²) in [5.74, 6) is 0.601. The number of hydrogen-bond acceptors (Lipinski definition) is 5. The SMILES string of the molecule is COC1=CC(OC)n2c(c(=O)c3ccnc4cncc2c43)=C1. The van der Waals surface area contributed by atoms with E-state index in [1.165, 1.54) is 0 Å². The Hall–Kier alpha value is -2.73. The van der Waals surface area contributed by atoms with E-state index in [2.05, 4.69) is 9.97 Å². The van der Waals surface area contributed by atoms with E-state index in [9.17, 15) is 4.79 Å². The molecule has 1 unspecified atom stereocenters. The highest BCUT2D eigenvalue weighted by Crippen LogP contribution is 2.25. The average Bonchev–Trinajstić information content (AvgIpc) is 2.58. The molecule has 6 heteroatoms. The van der Waals surface area contributed by atoms with Gasteiger partial charge in [0.1, 0.15) is 5.76 Å². The zero-order valence-corrected chi connectivity index (χ0v) is 12.1. The molecule has 0 aliphatic carbocycles. The third-order valence-electron chi connectivity index (χ3n) is 3.94. The van der Waals surface area contributed by atoms with Crippen molar-refractivity contribution in [1.29, 1.82) is 0 Å². The molecule has 0 radical (unpaired) electrons. The van der Waals surface area contributed by atoms with Crippen molar-refractivity contribution in [3.63, 3.8) is 0 Å². The number of methoxy groups -OCH3 is 2. The van der Waals surface area contributed by atoms with Gasteiger partial charge in [-0.05, 0) is 6.07 Å². The Kier molecular flexibility index (Phi) is 2.74. The van der Waals surface area contributed by atoms with E-state index in [4.69, 9.17) is 9.47 Å². The highest BCUT2D eigenvalue weighted by molar-refractivity contribution is 6.06. The van der Waals surface area contributed by atoms with Crippen molar-refractivity contribution in [2.75, 3.05) is 14.2 Å². The van der Waals surface area contributed by atoms with E-state index in [1.807, 2.05) is 10.6 Å². The summed E-state index contributed by atoms with van der Waals surface area (Å²) in [5.41, 5.74) is 1.43. The van der Waals surface area contributed by atoms with E-state index in [0.717, 1.165) is 10.9 Å². The van der Waals surface area contributed by atoms with Crippen LogP contribution in [0, 0.1) is 0 Å². The number of ether oxygens (including phenoxy) is 2. The molecule has 0 N–H and O–H groups in total. The number of aromatic nitrogens is 3. The maximum atomic E-state index is 12.9. The molecule has 3 aromatic heterocycles. The van der Waals surface area contributed by atoms with Crippen LogP contribution in [0.5, 0.6) is 0 Å². The summed E-state index contributed by atoms with van der Waals surface area (Å²) in [7, 11) is 3.16. The Morgan fingerprint density at radius 3 is 2.91 bits per heavy atom. The largest absolute Gasteiger partial charge is 0.497 e. The predicted octanol–water partition coefficient (Wildman–Crippen LogP) is 1.13. The second-order valence-electron chi connectivity index (χ2n) is 5.04. The molecule has 0 spiro atoms. The van der Waals surface area contributed by atoms with Crippen LogP contribution in [-0.2, 0) is 9.47 Å². The summed E-state index contributed by atoms with van der Waals surface area (Å²) in [5, 5.41) is 1.94. The van der Waals surface area contributed by atoms with Crippen LogP contribution < -0.4 is 10.8 Å². The van der Waals surface area contributed by atoms with Crippen LogP contribution in [0.2, 0.25) is 0 Å². The Morgan fingerprint density at radius 2 is 2.14 bits per heavy atom. The van der Waals surface area contributed by atoms with Gasteiger partial charge in [0.25, 0.3) is 0 Å². The van der Waals surface area contributed by atoms with Gasteiger partial charge in [-0.2, -0.15) is 0 Å². The average molecular weight is 295 g/mol. The summed E-state index contributed by atoms with van der Waals surface area (Å²) in [6.45, 7) is 0. The van der Waals surface area contributed by atoms with Crippen LogP contribution in [0.1, 0.15) is 6.23 Å². The fourth-order valence-electron chi connectivity index (χ4n) is 2.94. The first kappa shape index (κ1) is 13.0. The molecule has 0 saturated carbocycles. The number of hydrogen-bond donors (Lipinski definition) is 0. The molecular weight excluding hydrogens is 282 g/mol. The van der Waals surface area contributed by atoms with Gasteiger partial charge in [0.2, 0.25) is 5.43 Å². The number of allylic oxidation sites excluding steroid dienone is 1. The van der Waals surface area contributed by atoms with Crippen LogP contribution in [0.15, 0.2) is 41.3 Å². The zero-order chi connectivity index (χ0) is 15.3. The third kappa shape index (κ3) is 1.61. The van der Waals surface area contributed by atoms with Crippen molar-refractivity contribution in [2.45, 2.75) is 6.23 Å². The van der Waals surface area contributed by atoms with Gasteiger partial charge < -0.3 is 14.0 Å². The first-order valence-corrected chi connectivity index (χ1v) is 6.81. The Morgan fingerprint density at radius 1 is 1.27 bits per heavy atom. The second-order valence-corrected chi connectivity index (χ2v) is 5.04. The summed E-state index contributed by atoms with van der Waals surface area (Å²) >= 11 is 0. The van der Waals surface area contributed by atoms with Crippen LogP contribution in [-0.4, -0.2) is 28.8 Å². The molecule has 0 saturated heterocycles. The fraction of sp³-hybridized carbons (Fsp3) is 0.188. The molecule has 110 valence electrons. The van der Waals surface area contributed by atoms with Crippen LogP contribution in [0.4, 0.5) is 0 Å². The highest BCUT2D eigenvalue weighted by atomic mass is 16.5. The molecular formula is C16H13N3O3. The zero-order valence-electron chi connectivity index (χ0n) is 12.1. The van der Waals surface area contributed by atoms with Crippen molar-refractivity contribution in [2.24, 2.45) is 0 Å². The molecule has 3 aromatic rings. The van der Waals surface area contributed by atoms with Gasteiger partial charge in [-0.3, -0.25) is 14.8 Å².